The number of hydrogen-bond donors (Lipinski definition) is 4. The first-order chi connectivity index (χ1) is 21.1. The predicted octanol–water partition coefficient (Wildman–Crippen LogP) is 5.29. The fraction of sp³-hybridized carbons (Fsp3) is 0.0333. The zero-order valence-electron chi connectivity index (χ0n) is 22.9. The van der Waals surface area contributed by atoms with Gasteiger partial charge in [0.25, 0.3) is 20.2 Å². The van der Waals surface area contributed by atoms with Gasteiger partial charge < -0.3 is 10.6 Å². The molecule has 0 atom stereocenters. The van der Waals surface area contributed by atoms with E-state index in [0.717, 1.165) is 12.1 Å². The van der Waals surface area contributed by atoms with Crippen LogP contribution in [0.3, 0.4) is 0 Å². The van der Waals surface area contributed by atoms with Crippen LogP contribution < -0.4 is 10.6 Å². The normalized spacial score (nSPS) is 12.2. The van der Waals surface area contributed by atoms with Gasteiger partial charge in [0, 0.05) is 23.2 Å². The number of halogens is 1. The molecule has 11 nitrogen and oxygen atoms in total. The van der Waals surface area contributed by atoms with Crippen molar-refractivity contribution in [1.82, 2.24) is 5.32 Å². The SMILES string of the molecule is O=C(NCc1ccc(F)c(-c2ccc3cc(S(=O)(=O)O)cc(S(=O)(=O)O)c3c2)c1)Nc1ccc(S(=O)(=O)c2ccccc2)cc1. The van der Waals surface area contributed by atoms with Crippen LogP contribution in [-0.4, -0.2) is 40.4 Å². The molecule has 0 radical (unpaired) electrons. The van der Waals surface area contributed by atoms with E-state index in [0.29, 0.717) is 17.3 Å². The highest BCUT2D eigenvalue weighted by Crippen LogP contribution is 2.33. The summed E-state index contributed by atoms with van der Waals surface area (Å²) in [5, 5.41) is 5.12. The average molecular weight is 671 g/mol. The molecule has 0 aliphatic carbocycles. The third kappa shape index (κ3) is 7.02. The third-order valence-corrected chi connectivity index (χ3v) is 10.2. The second-order valence-electron chi connectivity index (χ2n) is 9.77. The molecule has 0 unspecified atom stereocenters. The molecule has 0 fully saturated rings. The van der Waals surface area contributed by atoms with Crippen molar-refractivity contribution in [2.45, 2.75) is 26.1 Å². The van der Waals surface area contributed by atoms with Crippen LogP contribution >= 0.6 is 0 Å². The number of benzene rings is 5. The van der Waals surface area contributed by atoms with Crippen molar-refractivity contribution >= 4 is 52.6 Å². The van der Waals surface area contributed by atoms with Gasteiger partial charge in [-0.05, 0) is 83.2 Å². The molecular formula is C30H23FN2O9S3. The molecule has 0 heterocycles. The first kappa shape index (κ1) is 31.7. The summed E-state index contributed by atoms with van der Waals surface area (Å²) in [5.41, 5.74) is 0.984. The standard InChI is InChI=1S/C30H23FN2O9S3/c31-28-13-6-19(18-32-30(34)33-22-9-11-24(12-10-22)43(35,36)23-4-2-1-3-5-23)14-26(28)21-8-7-20-15-25(44(37,38)39)17-29(27(20)16-21)45(40,41)42/h1-17H,18H2,(H2,32,33,34)(H,37,38,39)(H,40,41,42). The number of hydrogen-bond acceptors (Lipinski definition) is 7. The molecule has 0 saturated carbocycles. The molecule has 15 heteroatoms. The van der Waals surface area contributed by atoms with Crippen LogP contribution in [0, 0.1) is 5.82 Å². The van der Waals surface area contributed by atoms with Gasteiger partial charge in [-0.15, -0.1) is 0 Å². The zero-order valence-corrected chi connectivity index (χ0v) is 25.3. The lowest BCUT2D eigenvalue weighted by Crippen LogP contribution is -2.28. The monoisotopic (exact) mass is 670 g/mol. The minimum Gasteiger partial charge on any atom is -0.334 e. The number of urea groups is 1. The lowest BCUT2D eigenvalue weighted by molar-refractivity contribution is 0.251. The Bertz CT molecular complexity index is 2280. The van der Waals surface area contributed by atoms with E-state index in [1.54, 1.807) is 18.2 Å². The minimum absolute atomic E-state index is 0.0203. The van der Waals surface area contributed by atoms with Crippen molar-refractivity contribution in [3.63, 3.8) is 0 Å². The largest absolute Gasteiger partial charge is 0.334 e. The van der Waals surface area contributed by atoms with Crippen molar-refractivity contribution in [1.29, 1.82) is 0 Å². The van der Waals surface area contributed by atoms with Gasteiger partial charge in [-0.3, -0.25) is 9.11 Å². The molecule has 5 aromatic carbocycles. The van der Waals surface area contributed by atoms with Gasteiger partial charge in [-0.2, -0.15) is 16.8 Å². The van der Waals surface area contributed by atoms with Crippen LogP contribution in [0.1, 0.15) is 5.56 Å². The molecule has 5 rings (SSSR count). The molecule has 0 aliphatic heterocycles. The summed E-state index contributed by atoms with van der Waals surface area (Å²) in [4.78, 5) is 11.2. The first-order valence-electron chi connectivity index (χ1n) is 12.9. The van der Waals surface area contributed by atoms with E-state index in [2.05, 4.69) is 10.6 Å². The zero-order chi connectivity index (χ0) is 32.6. The molecule has 0 saturated heterocycles. The van der Waals surface area contributed by atoms with Crippen molar-refractivity contribution in [2.24, 2.45) is 0 Å². The van der Waals surface area contributed by atoms with Crippen LogP contribution in [0.15, 0.2) is 123 Å². The summed E-state index contributed by atoms with van der Waals surface area (Å²) in [6.45, 7) is -0.0544. The first-order valence-corrected chi connectivity index (χ1v) is 17.3. The molecule has 0 aliphatic rings. The van der Waals surface area contributed by atoms with Gasteiger partial charge in [0.05, 0.1) is 14.7 Å². The Morgan fingerprint density at radius 2 is 1.36 bits per heavy atom. The predicted molar refractivity (Wildman–Crippen MR) is 163 cm³/mol. The molecule has 0 spiro atoms. The van der Waals surface area contributed by atoms with E-state index in [1.165, 1.54) is 66.7 Å². The molecule has 4 N–H and O–H groups in total. The maximum absolute atomic E-state index is 14.9. The number of carbonyl (C=O) groups excluding carboxylic acids is 1. The molecule has 5 aromatic rings. The molecule has 45 heavy (non-hydrogen) atoms. The van der Waals surface area contributed by atoms with Crippen LogP contribution in [0.5, 0.6) is 0 Å². The van der Waals surface area contributed by atoms with Gasteiger partial charge >= 0.3 is 6.03 Å². The molecule has 0 aromatic heterocycles. The van der Waals surface area contributed by atoms with Crippen LogP contribution in [-0.2, 0) is 36.6 Å². The third-order valence-electron chi connectivity index (χ3n) is 6.74. The smallest absolute Gasteiger partial charge is 0.319 e. The van der Waals surface area contributed by atoms with Crippen molar-refractivity contribution in [3.05, 3.63) is 115 Å². The summed E-state index contributed by atoms with van der Waals surface area (Å²) in [6.07, 6.45) is 0. The Balaban J connectivity index is 1.33. The second-order valence-corrected chi connectivity index (χ2v) is 14.5. The highest BCUT2D eigenvalue weighted by molar-refractivity contribution is 7.91. The number of amides is 2. The Morgan fingerprint density at radius 1 is 0.689 bits per heavy atom. The van der Waals surface area contributed by atoms with Crippen LogP contribution in [0.25, 0.3) is 21.9 Å². The van der Waals surface area contributed by atoms with Crippen LogP contribution in [0.4, 0.5) is 14.9 Å². The molecule has 0 bridgehead atoms. The van der Waals surface area contributed by atoms with E-state index >= 15 is 0 Å². The summed E-state index contributed by atoms with van der Waals surface area (Å²) in [5.74, 6) is -0.684. The number of sulfone groups is 1. The van der Waals surface area contributed by atoms with E-state index in [1.807, 2.05) is 0 Å². The fourth-order valence-electron chi connectivity index (χ4n) is 4.54. The molecular weight excluding hydrogens is 648 g/mol. The van der Waals surface area contributed by atoms with Crippen molar-refractivity contribution in [2.75, 3.05) is 5.32 Å². The number of fused-ring (bicyclic) bond motifs is 1. The second kappa shape index (κ2) is 12.0. The lowest BCUT2D eigenvalue weighted by atomic mass is 9.99. The fourth-order valence-corrected chi connectivity index (χ4v) is 7.17. The molecule has 232 valence electrons. The quantitative estimate of drug-likeness (QED) is 0.159. The Hall–Kier alpha value is -4.67. The van der Waals surface area contributed by atoms with E-state index < -0.39 is 51.7 Å². The van der Waals surface area contributed by atoms with E-state index in [4.69, 9.17) is 0 Å². The summed E-state index contributed by atoms with van der Waals surface area (Å²) >= 11 is 0. The number of carbonyl (C=O) groups is 1. The van der Waals surface area contributed by atoms with Gasteiger partial charge in [0.1, 0.15) is 10.7 Å². The number of rotatable bonds is 8. The van der Waals surface area contributed by atoms with E-state index in [9.17, 15) is 43.5 Å². The van der Waals surface area contributed by atoms with Crippen molar-refractivity contribution in [3.8, 4) is 11.1 Å². The van der Waals surface area contributed by atoms with Gasteiger partial charge in [-0.25, -0.2) is 17.6 Å². The molecule has 2 amide bonds. The number of anilines is 1. The average Bonchev–Trinajstić information content (AvgIpc) is 2.99. The van der Waals surface area contributed by atoms with Crippen molar-refractivity contribution < 1.29 is 43.5 Å². The highest BCUT2D eigenvalue weighted by atomic mass is 32.2. The van der Waals surface area contributed by atoms with E-state index in [-0.39, 0.29) is 38.2 Å². The summed E-state index contributed by atoms with van der Waals surface area (Å²) in [7, 11) is -13.5. The van der Waals surface area contributed by atoms with Gasteiger partial charge in [0.15, 0.2) is 0 Å². The summed E-state index contributed by atoms with van der Waals surface area (Å²) < 4.78 is 107. The Morgan fingerprint density at radius 3 is 2.00 bits per heavy atom. The maximum Gasteiger partial charge on any atom is 0.319 e. The Labute approximate surface area is 257 Å². The number of nitrogens with one attached hydrogen (secondary N) is 2. The van der Waals surface area contributed by atoms with Crippen LogP contribution in [0.2, 0.25) is 0 Å². The minimum atomic E-state index is -4.95. The maximum atomic E-state index is 14.9. The Kier molecular flexibility index (Phi) is 8.48. The van der Waals surface area contributed by atoms with Gasteiger partial charge in [-0.1, -0.05) is 36.4 Å². The highest BCUT2D eigenvalue weighted by Gasteiger charge is 2.21. The van der Waals surface area contributed by atoms with Gasteiger partial charge in [0.2, 0.25) is 9.84 Å². The topological polar surface area (TPSA) is 184 Å². The lowest BCUT2D eigenvalue weighted by Gasteiger charge is -2.12. The summed E-state index contributed by atoms with van der Waals surface area (Å²) in [6, 6.07) is 22.4.